The molecule has 0 atom stereocenters. The van der Waals surface area contributed by atoms with Gasteiger partial charge in [0.2, 0.25) is 0 Å². The van der Waals surface area contributed by atoms with E-state index in [0.717, 1.165) is 5.69 Å². The third kappa shape index (κ3) is 1.21. The SMILES string of the molecule is Cc1cc(N)cc2c(I)csc12. The van der Waals surface area contributed by atoms with Gasteiger partial charge in [0.1, 0.15) is 0 Å². The molecule has 0 fully saturated rings. The largest absolute Gasteiger partial charge is 0.399 e. The van der Waals surface area contributed by atoms with Crippen LogP contribution in [0.1, 0.15) is 5.56 Å². The van der Waals surface area contributed by atoms with Crippen molar-refractivity contribution >= 4 is 49.7 Å². The van der Waals surface area contributed by atoms with Crippen LogP contribution in [0, 0.1) is 10.5 Å². The zero-order valence-electron chi connectivity index (χ0n) is 6.60. The monoisotopic (exact) mass is 289 g/mol. The Morgan fingerprint density at radius 2 is 2.17 bits per heavy atom. The zero-order valence-corrected chi connectivity index (χ0v) is 9.57. The Morgan fingerprint density at radius 3 is 2.92 bits per heavy atom. The first-order chi connectivity index (χ1) is 5.68. The highest BCUT2D eigenvalue weighted by Crippen LogP contribution is 2.31. The van der Waals surface area contributed by atoms with Crippen LogP contribution in [-0.2, 0) is 0 Å². The van der Waals surface area contributed by atoms with E-state index in [2.05, 4.69) is 34.9 Å². The van der Waals surface area contributed by atoms with Crippen LogP contribution in [0.5, 0.6) is 0 Å². The van der Waals surface area contributed by atoms with Gasteiger partial charge in [-0.3, -0.25) is 0 Å². The highest BCUT2D eigenvalue weighted by molar-refractivity contribution is 14.1. The first-order valence-corrected chi connectivity index (χ1v) is 5.57. The molecule has 2 aromatic rings. The van der Waals surface area contributed by atoms with Crippen molar-refractivity contribution in [3.05, 3.63) is 26.6 Å². The van der Waals surface area contributed by atoms with Crippen LogP contribution in [0.25, 0.3) is 10.1 Å². The fourth-order valence-corrected chi connectivity index (χ4v) is 3.19. The average Bonchev–Trinajstić information content (AvgIpc) is 2.33. The summed E-state index contributed by atoms with van der Waals surface area (Å²) in [4.78, 5) is 0. The van der Waals surface area contributed by atoms with Gasteiger partial charge in [-0.1, -0.05) is 0 Å². The number of thiophene rings is 1. The predicted molar refractivity (Wildman–Crippen MR) is 63.7 cm³/mol. The Labute approximate surface area is 88.7 Å². The molecule has 0 aliphatic heterocycles. The maximum absolute atomic E-state index is 5.75. The van der Waals surface area contributed by atoms with Gasteiger partial charge in [-0.15, -0.1) is 11.3 Å². The third-order valence-electron chi connectivity index (χ3n) is 1.83. The molecule has 2 N–H and O–H groups in total. The maximum Gasteiger partial charge on any atom is 0.0384 e. The molecule has 0 bridgehead atoms. The summed E-state index contributed by atoms with van der Waals surface area (Å²) in [5.74, 6) is 0. The maximum atomic E-state index is 5.75. The molecule has 0 aliphatic carbocycles. The Hall–Kier alpha value is -0.290. The van der Waals surface area contributed by atoms with E-state index in [1.165, 1.54) is 19.2 Å². The van der Waals surface area contributed by atoms with E-state index in [0.29, 0.717) is 0 Å². The summed E-state index contributed by atoms with van der Waals surface area (Å²) in [5, 5.41) is 3.45. The lowest BCUT2D eigenvalue weighted by molar-refractivity contribution is 1.55. The number of hydrogen-bond donors (Lipinski definition) is 1. The number of rotatable bonds is 0. The number of nitrogen functional groups attached to an aromatic ring is 1. The van der Waals surface area contributed by atoms with E-state index in [1.807, 2.05) is 12.1 Å². The fourth-order valence-electron chi connectivity index (χ4n) is 1.31. The van der Waals surface area contributed by atoms with Gasteiger partial charge in [0, 0.05) is 24.7 Å². The van der Waals surface area contributed by atoms with E-state index >= 15 is 0 Å². The van der Waals surface area contributed by atoms with Crippen molar-refractivity contribution in [2.75, 3.05) is 5.73 Å². The van der Waals surface area contributed by atoms with Gasteiger partial charge in [0.15, 0.2) is 0 Å². The molecule has 0 unspecified atom stereocenters. The second-order valence-corrected chi connectivity index (χ2v) is 4.84. The van der Waals surface area contributed by atoms with E-state index in [-0.39, 0.29) is 0 Å². The molecule has 0 amide bonds. The average molecular weight is 289 g/mol. The first-order valence-electron chi connectivity index (χ1n) is 3.61. The van der Waals surface area contributed by atoms with E-state index in [1.54, 1.807) is 11.3 Å². The molecule has 1 aromatic carbocycles. The molecule has 0 radical (unpaired) electrons. The number of aryl methyl sites for hydroxylation is 1. The van der Waals surface area contributed by atoms with Crippen molar-refractivity contribution in [3.8, 4) is 0 Å². The zero-order chi connectivity index (χ0) is 8.72. The lowest BCUT2D eigenvalue weighted by Gasteiger charge is -1.98. The molecule has 1 aromatic heterocycles. The Balaban J connectivity index is 2.92. The summed E-state index contributed by atoms with van der Waals surface area (Å²) in [6, 6.07) is 4.06. The predicted octanol–water partition coefficient (Wildman–Crippen LogP) is 3.40. The Kier molecular flexibility index (Phi) is 2.00. The number of hydrogen-bond acceptors (Lipinski definition) is 2. The number of anilines is 1. The summed E-state index contributed by atoms with van der Waals surface area (Å²) in [5.41, 5.74) is 7.89. The van der Waals surface area contributed by atoms with Gasteiger partial charge in [-0.25, -0.2) is 0 Å². The van der Waals surface area contributed by atoms with Crippen LogP contribution in [-0.4, -0.2) is 0 Å². The van der Waals surface area contributed by atoms with Gasteiger partial charge in [0.05, 0.1) is 0 Å². The van der Waals surface area contributed by atoms with Gasteiger partial charge >= 0.3 is 0 Å². The molecule has 1 nitrogen and oxygen atoms in total. The summed E-state index contributed by atoms with van der Waals surface area (Å²) in [6.07, 6.45) is 0. The van der Waals surface area contributed by atoms with Crippen molar-refractivity contribution < 1.29 is 0 Å². The lowest BCUT2D eigenvalue weighted by atomic mass is 10.1. The van der Waals surface area contributed by atoms with Crippen molar-refractivity contribution in [3.63, 3.8) is 0 Å². The molecule has 62 valence electrons. The number of halogens is 1. The Bertz CT molecular complexity index is 433. The molecule has 0 saturated carbocycles. The number of benzene rings is 1. The summed E-state index contributed by atoms with van der Waals surface area (Å²) in [7, 11) is 0. The molecular formula is C9H8INS. The van der Waals surface area contributed by atoms with Gasteiger partial charge in [0.25, 0.3) is 0 Å². The van der Waals surface area contributed by atoms with Crippen molar-refractivity contribution in [1.29, 1.82) is 0 Å². The van der Waals surface area contributed by atoms with Crippen LogP contribution in [0.4, 0.5) is 5.69 Å². The molecule has 0 spiro atoms. The van der Waals surface area contributed by atoms with Crippen molar-refractivity contribution in [1.82, 2.24) is 0 Å². The van der Waals surface area contributed by atoms with Crippen molar-refractivity contribution in [2.45, 2.75) is 6.92 Å². The second kappa shape index (κ2) is 2.88. The smallest absolute Gasteiger partial charge is 0.0384 e. The van der Waals surface area contributed by atoms with Gasteiger partial charge in [-0.05, 0) is 47.2 Å². The molecule has 3 heteroatoms. The number of fused-ring (bicyclic) bond motifs is 1. The molecule has 0 saturated heterocycles. The van der Waals surface area contributed by atoms with Crippen LogP contribution in [0.3, 0.4) is 0 Å². The summed E-state index contributed by atoms with van der Waals surface area (Å²) >= 11 is 4.13. The van der Waals surface area contributed by atoms with Crippen LogP contribution >= 0.6 is 33.9 Å². The van der Waals surface area contributed by atoms with Crippen LogP contribution in [0.2, 0.25) is 0 Å². The third-order valence-corrected chi connectivity index (χ3v) is 4.28. The number of nitrogens with two attached hydrogens (primary N) is 1. The highest BCUT2D eigenvalue weighted by atomic mass is 127. The molecule has 0 aliphatic rings. The minimum atomic E-state index is 0.858. The molecule has 2 rings (SSSR count). The highest BCUT2D eigenvalue weighted by Gasteiger charge is 2.04. The summed E-state index contributed by atoms with van der Waals surface area (Å²) in [6.45, 7) is 2.10. The van der Waals surface area contributed by atoms with Gasteiger partial charge in [-0.2, -0.15) is 0 Å². The fraction of sp³-hybridized carbons (Fsp3) is 0.111. The minimum Gasteiger partial charge on any atom is -0.399 e. The minimum absolute atomic E-state index is 0.858. The second-order valence-electron chi connectivity index (χ2n) is 2.80. The van der Waals surface area contributed by atoms with Gasteiger partial charge < -0.3 is 5.73 Å². The van der Waals surface area contributed by atoms with Crippen LogP contribution in [0.15, 0.2) is 17.5 Å². The van der Waals surface area contributed by atoms with Crippen molar-refractivity contribution in [2.24, 2.45) is 0 Å². The summed E-state index contributed by atoms with van der Waals surface area (Å²) < 4.78 is 2.65. The van der Waals surface area contributed by atoms with E-state index < -0.39 is 0 Å². The topological polar surface area (TPSA) is 26.0 Å². The quantitative estimate of drug-likeness (QED) is 0.584. The molecule has 1 heterocycles. The molecular weight excluding hydrogens is 281 g/mol. The normalized spacial score (nSPS) is 10.8. The first kappa shape index (κ1) is 8.31. The standard InChI is InChI=1S/C9H8INS/c1-5-2-6(11)3-7-8(10)4-12-9(5)7/h2-4H,11H2,1H3. The van der Waals surface area contributed by atoms with E-state index in [9.17, 15) is 0 Å². The lowest BCUT2D eigenvalue weighted by Crippen LogP contribution is -1.85. The Morgan fingerprint density at radius 1 is 1.42 bits per heavy atom. The molecule has 12 heavy (non-hydrogen) atoms. The van der Waals surface area contributed by atoms with Crippen LogP contribution < -0.4 is 5.73 Å². The van der Waals surface area contributed by atoms with E-state index in [4.69, 9.17) is 5.73 Å².